The number of benzene rings is 3. The first-order chi connectivity index (χ1) is 23.1. The van der Waals surface area contributed by atoms with Crippen LogP contribution >= 0.6 is 33.9 Å². The van der Waals surface area contributed by atoms with Crippen molar-refractivity contribution in [2.24, 2.45) is 4.99 Å². The molecule has 0 amide bonds. The number of thiazole rings is 1. The monoisotopic (exact) mass is 786 g/mol. The molecule has 1 aliphatic rings. The van der Waals surface area contributed by atoms with Gasteiger partial charge >= 0.3 is 11.9 Å². The molecule has 1 aliphatic heterocycles. The summed E-state index contributed by atoms with van der Waals surface area (Å²) in [4.78, 5) is 44.2. The van der Waals surface area contributed by atoms with Crippen molar-refractivity contribution in [2.45, 2.75) is 33.4 Å². The van der Waals surface area contributed by atoms with Crippen molar-refractivity contribution < 1.29 is 37.7 Å². The summed E-state index contributed by atoms with van der Waals surface area (Å²) < 4.78 is 43.7. The first kappa shape index (κ1) is 34.8. The summed E-state index contributed by atoms with van der Waals surface area (Å²) in [5.74, 6) is -0.228. The van der Waals surface area contributed by atoms with Gasteiger partial charge in [0.1, 0.15) is 18.2 Å². The number of methoxy groups -OCH3 is 1. The first-order valence-corrected chi connectivity index (χ1v) is 16.9. The van der Waals surface area contributed by atoms with E-state index in [1.807, 2.05) is 12.1 Å². The summed E-state index contributed by atoms with van der Waals surface area (Å²) in [6.07, 6.45) is 1.76. The van der Waals surface area contributed by atoms with E-state index in [0.717, 1.165) is 9.13 Å². The fourth-order valence-corrected chi connectivity index (χ4v) is 6.79. The Morgan fingerprint density at radius 1 is 1.00 bits per heavy atom. The predicted molar refractivity (Wildman–Crippen MR) is 185 cm³/mol. The minimum atomic E-state index is -0.880. The Morgan fingerprint density at radius 2 is 1.79 bits per heavy atom. The Kier molecular flexibility index (Phi) is 11.3. The third kappa shape index (κ3) is 7.79. The van der Waals surface area contributed by atoms with E-state index in [0.29, 0.717) is 50.0 Å². The lowest BCUT2D eigenvalue weighted by molar-refractivity contribution is -0.143. The van der Waals surface area contributed by atoms with Gasteiger partial charge in [0.05, 0.1) is 45.7 Å². The quantitative estimate of drug-likeness (QED) is 0.145. The van der Waals surface area contributed by atoms with Gasteiger partial charge in [-0.25, -0.2) is 19.0 Å². The Morgan fingerprint density at radius 3 is 2.50 bits per heavy atom. The van der Waals surface area contributed by atoms with E-state index >= 15 is 0 Å². The van der Waals surface area contributed by atoms with Gasteiger partial charge in [-0.15, -0.1) is 0 Å². The van der Waals surface area contributed by atoms with Crippen LogP contribution in [0, 0.1) is 9.39 Å². The number of halogens is 2. The van der Waals surface area contributed by atoms with E-state index in [1.54, 1.807) is 63.2 Å². The van der Waals surface area contributed by atoms with E-state index in [2.05, 4.69) is 32.3 Å². The van der Waals surface area contributed by atoms with Crippen LogP contribution in [0.1, 0.15) is 43.5 Å². The van der Waals surface area contributed by atoms with Gasteiger partial charge in [0.25, 0.3) is 5.56 Å². The maximum absolute atomic E-state index is 14.1. The minimum Gasteiger partial charge on any atom is -0.490 e. The molecular formula is C35H32FIN2O8S. The molecule has 10 nitrogen and oxygen atoms in total. The lowest BCUT2D eigenvalue weighted by Gasteiger charge is -2.25. The van der Waals surface area contributed by atoms with E-state index in [-0.39, 0.29) is 36.8 Å². The zero-order chi connectivity index (χ0) is 34.4. The predicted octanol–water partition coefficient (Wildman–Crippen LogP) is 5.07. The highest BCUT2D eigenvalue weighted by atomic mass is 127. The number of hydrogen-bond donors (Lipinski definition) is 0. The van der Waals surface area contributed by atoms with Gasteiger partial charge in [0.2, 0.25) is 0 Å². The Bertz CT molecular complexity index is 2070. The molecule has 0 unspecified atom stereocenters. The zero-order valence-corrected chi connectivity index (χ0v) is 29.6. The van der Waals surface area contributed by atoms with Gasteiger partial charge in [-0.1, -0.05) is 35.6 Å². The second kappa shape index (κ2) is 15.6. The third-order valence-corrected chi connectivity index (χ3v) is 9.04. The third-order valence-electron chi connectivity index (χ3n) is 7.21. The number of ether oxygens (including phenoxy) is 5. The second-order valence-corrected chi connectivity index (χ2v) is 12.6. The highest BCUT2D eigenvalue weighted by molar-refractivity contribution is 14.1. The Balaban J connectivity index is 1.54. The van der Waals surface area contributed by atoms with Crippen LogP contribution in [0.15, 0.2) is 81.7 Å². The fourth-order valence-electron chi connectivity index (χ4n) is 5.05. The second-order valence-electron chi connectivity index (χ2n) is 10.4. The van der Waals surface area contributed by atoms with Crippen molar-refractivity contribution in [3.8, 4) is 17.2 Å². The molecule has 0 saturated heterocycles. The molecule has 0 spiro atoms. The molecule has 0 N–H and O–H groups in total. The zero-order valence-electron chi connectivity index (χ0n) is 26.6. The van der Waals surface area contributed by atoms with E-state index in [9.17, 15) is 18.8 Å². The lowest BCUT2D eigenvalue weighted by Crippen LogP contribution is -2.40. The molecule has 3 aromatic carbocycles. The molecular weight excluding hydrogens is 754 g/mol. The Hall–Kier alpha value is -4.50. The number of esters is 2. The minimum absolute atomic E-state index is 0.137. The summed E-state index contributed by atoms with van der Waals surface area (Å²) in [6.45, 7) is 5.54. The van der Waals surface area contributed by atoms with Crippen molar-refractivity contribution in [1.82, 2.24) is 4.57 Å². The highest BCUT2D eigenvalue weighted by Gasteiger charge is 2.34. The van der Waals surface area contributed by atoms with Crippen LogP contribution in [0.3, 0.4) is 0 Å². The molecule has 5 rings (SSSR count). The number of rotatable bonds is 12. The van der Waals surface area contributed by atoms with E-state index in [1.165, 1.54) is 35.1 Å². The van der Waals surface area contributed by atoms with Crippen LogP contribution in [-0.4, -0.2) is 43.4 Å². The number of fused-ring (bicyclic) bond motifs is 1. The van der Waals surface area contributed by atoms with Gasteiger partial charge in [0.15, 0.2) is 22.9 Å². The number of aromatic nitrogens is 1. The summed E-state index contributed by atoms with van der Waals surface area (Å²) in [5, 5.41) is 0. The molecule has 2 heterocycles. The number of hydrogen-bond acceptors (Lipinski definition) is 10. The van der Waals surface area contributed by atoms with E-state index < -0.39 is 18.0 Å². The van der Waals surface area contributed by atoms with Crippen molar-refractivity contribution in [3.05, 3.63) is 118 Å². The number of carbonyl (C=O) groups excluding carboxylic acids is 2. The standard InChI is InChI=1S/C35H32FIN2O8S/c1-5-44-28-17-23(11-13-27(28)47-19-30(40)43-4)32-31(34(42)45-6-2)20(3)38-35-39(32)33(41)29(48-35)16-21-10-12-26(25(37)15-21)46-18-22-8-7-9-24(36)14-22/h7-17,32H,5-6,18-19H2,1-4H3/b29-16-/t32-/m1/s1. The smallest absolute Gasteiger partial charge is 0.343 e. The fraction of sp³-hybridized carbons (Fsp3) is 0.257. The topological polar surface area (TPSA) is 115 Å². The SMILES string of the molecule is CCOC(=O)C1=C(C)N=c2s/c(=C\c3ccc(OCc4cccc(F)c4)c(I)c3)c(=O)n2[C@@H]1c1ccc(OCC(=O)OC)c(OCC)c1. The van der Waals surface area contributed by atoms with Crippen LogP contribution in [0.2, 0.25) is 0 Å². The van der Waals surface area contributed by atoms with Gasteiger partial charge < -0.3 is 23.7 Å². The molecule has 0 radical (unpaired) electrons. The van der Waals surface area contributed by atoms with Crippen molar-refractivity contribution in [3.63, 3.8) is 0 Å². The summed E-state index contributed by atoms with van der Waals surface area (Å²) in [6, 6.07) is 15.9. The maximum atomic E-state index is 14.1. The van der Waals surface area contributed by atoms with Crippen molar-refractivity contribution in [2.75, 3.05) is 26.9 Å². The van der Waals surface area contributed by atoms with Crippen LogP contribution in [0.4, 0.5) is 4.39 Å². The van der Waals surface area contributed by atoms with Gasteiger partial charge in [-0.3, -0.25) is 9.36 Å². The number of allylic oxidation sites excluding steroid dienone is 1. The first-order valence-electron chi connectivity index (χ1n) is 15.0. The van der Waals surface area contributed by atoms with Crippen molar-refractivity contribution in [1.29, 1.82) is 0 Å². The normalized spacial score (nSPS) is 14.2. The largest absolute Gasteiger partial charge is 0.490 e. The number of carbonyl (C=O) groups is 2. The summed E-state index contributed by atoms with van der Waals surface area (Å²) >= 11 is 3.36. The molecule has 0 aliphatic carbocycles. The lowest BCUT2D eigenvalue weighted by atomic mass is 9.95. The van der Waals surface area contributed by atoms with Gasteiger partial charge in [-0.05, 0) is 103 Å². The molecule has 13 heteroatoms. The van der Waals surface area contributed by atoms with Gasteiger partial charge in [0, 0.05) is 0 Å². The van der Waals surface area contributed by atoms with Crippen LogP contribution < -0.4 is 29.1 Å². The Labute approximate surface area is 293 Å². The summed E-state index contributed by atoms with van der Waals surface area (Å²) in [5.41, 5.74) is 2.32. The number of nitrogens with zero attached hydrogens (tertiary/aromatic N) is 2. The van der Waals surface area contributed by atoms with Crippen LogP contribution in [0.5, 0.6) is 17.2 Å². The van der Waals surface area contributed by atoms with Gasteiger partial charge in [-0.2, -0.15) is 0 Å². The highest BCUT2D eigenvalue weighted by Crippen LogP contribution is 2.36. The van der Waals surface area contributed by atoms with Crippen molar-refractivity contribution >= 4 is 51.9 Å². The summed E-state index contributed by atoms with van der Waals surface area (Å²) in [7, 11) is 1.27. The molecule has 4 aromatic rings. The average Bonchev–Trinajstić information content (AvgIpc) is 3.36. The molecule has 48 heavy (non-hydrogen) atoms. The molecule has 0 bridgehead atoms. The van der Waals surface area contributed by atoms with Crippen LogP contribution in [0.25, 0.3) is 6.08 Å². The molecule has 0 saturated carbocycles. The van der Waals surface area contributed by atoms with Crippen LogP contribution in [-0.2, 0) is 25.7 Å². The molecule has 1 aromatic heterocycles. The van der Waals surface area contributed by atoms with E-state index in [4.69, 9.17) is 18.9 Å². The average molecular weight is 787 g/mol. The molecule has 1 atom stereocenters. The molecule has 0 fully saturated rings. The maximum Gasteiger partial charge on any atom is 0.343 e. The molecule has 250 valence electrons.